The summed E-state index contributed by atoms with van der Waals surface area (Å²) in [5.41, 5.74) is 0.866. The van der Waals surface area contributed by atoms with E-state index in [2.05, 4.69) is 10.6 Å². The van der Waals surface area contributed by atoms with E-state index in [-0.39, 0.29) is 28.8 Å². The van der Waals surface area contributed by atoms with Crippen LogP contribution in [0.4, 0.5) is 15.8 Å². The van der Waals surface area contributed by atoms with Crippen molar-refractivity contribution in [2.75, 3.05) is 24.4 Å². The standard InChI is InChI=1S/C24H18ClFN2O5/c1-31-15-5-4-6-16(12-15)32-13-21(29)28-22-17-7-2-3-8-20(17)33-23(22)24(30)27-14-9-10-19(26)18(25)11-14/h2-12H,13H2,1H3,(H,27,30)(H,28,29). The molecule has 2 N–H and O–H groups in total. The SMILES string of the molecule is COc1cccc(OCC(=O)Nc2c(C(=O)Nc3ccc(F)c(Cl)c3)oc3ccccc23)c1. The van der Waals surface area contributed by atoms with Crippen molar-refractivity contribution in [1.29, 1.82) is 0 Å². The molecule has 168 valence electrons. The maximum absolute atomic E-state index is 13.4. The fourth-order valence-electron chi connectivity index (χ4n) is 3.11. The Labute approximate surface area is 193 Å². The zero-order valence-corrected chi connectivity index (χ0v) is 18.1. The number of benzene rings is 3. The molecule has 3 aromatic carbocycles. The van der Waals surface area contributed by atoms with Crippen molar-refractivity contribution >= 4 is 45.8 Å². The van der Waals surface area contributed by atoms with Crippen LogP contribution in [-0.2, 0) is 4.79 Å². The summed E-state index contributed by atoms with van der Waals surface area (Å²) < 4.78 is 29.8. The average molecular weight is 469 g/mol. The molecule has 0 atom stereocenters. The fourth-order valence-corrected chi connectivity index (χ4v) is 3.29. The molecule has 1 aromatic heterocycles. The first-order chi connectivity index (χ1) is 15.9. The van der Waals surface area contributed by atoms with Crippen molar-refractivity contribution in [2.45, 2.75) is 0 Å². The Morgan fingerprint density at radius 2 is 1.79 bits per heavy atom. The molecule has 0 radical (unpaired) electrons. The lowest BCUT2D eigenvalue weighted by Gasteiger charge is -2.09. The van der Waals surface area contributed by atoms with Gasteiger partial charge in [-0.1, -0.05) is 29.8 Å². The topological polar surface area (TPSA) is 89.8 Å². The van der Waals surface area contributed by atoms with Crippen LogP contribution in [0.15, 0.2) is 71.1 Å². The van der Waals surface area contributed by atoms with E-state index in [0.29, 0.717) is 22.5 Å². The van der Waals surface area contributed by atoms with Gasteiger partial charge < -0.3 is 24.5 Å². The third kappa shape index (κ3) is 5.07. The molecule has 0 aliphatic rings. The number of halogens is 2. The zero-order valence-electron chi connectivity index (χ0n) is 17.4. The third-order valence-electron chi connectivity index (χ3n) is 4.65. The van der Waals surface area contributed by atoms with Gasteiger partial charge in [0.1, 0.15) is 28.6 Å². The molecule has 0 saturated heterocycles. The molecule has 0 fully saturated rings. The molecule has 0 spiro atoms. The van der Waals surface area contributed by atoms with Crippen molar-refractivity contribution in [2.24, 2.45) is 0 Å². The Kier molecular flexibility index (Phi) is 6.46. The van der Waals surface area contributed by atoms with Gasteiger partial charge in [0.15, 0.2) is 6.61 Å². The second-order valence-electron chi connectivity index (χ2n) is 6.90. The first-order valence-electron chi connectivity index (χ1n) is 9.79. The largest absolute Gasteiger partial charge is 0.497 e. The molecule has 4 aromatic rings. The lowest BCUT2D eigenvalue weighted by atomic mass is 10.2. The molecule has 4 rings (SSSR count). The van der Waals surface area contributed by atoms with Crippen molar-refractivity contribution in [3.63, 3.8) is 0 Å². The Morgan fingerprint density at radius 3 is 2.58 bits per heavy atom. The van der Waals surface area contributed by atoms with E-state index in [1.54, 1.807) is 48.5 Å². The summed E-state index contributed by atoms with van der Waals surface area (Å²) >= 11 is 5.78. The van der Waals surface area contributed by atoms with Crippen LogP contribution in [0.2, 0.25) is 5.02 Å². The number of anilines is 2. The van der Waals surface area contributed by atoms with Crippen LogP contribution in [0, 0.1) is 5.82 Å². The molecule has 9 heteroatoms. The summed E-state index contributed by atoms with van der Waals surface area (Å²) in [6, 6.07) is 17.5. The first-order valence-corrected chi connectivity index (χ1v) is 10.2. The molecule has 0 unspecified atom stereocenters. The van der Waals surface area contributed by atoms with Gasteiger partial charge in [-0.3, -0.25) is 9.59 Å². The van der Waals surface area contributed by atoms with Gasteiger partial charge in [0, 0.05) is 17.1 Å². The molecule has 0 aliphatic carbocycles. The summed E-state index contributed by atoms with van der Waals surface area (Å²) in [6.07, 6.45) is 0. The van der Waals surface area contributed by atoms with Gasteiger partial charge in [-0.15, -0.1) is 0 Å². The summed E-state index contributed by atoms with van der Waals surface area (Å²) in [6.45, 7) is -0.304. The third-order valence-corrected chi connectivity index (χ3v) is 4.94. The summed E-state index contributed by atoms with van der Waals surface area (Å²) in [4.78, 5) is 25.5. The number of carbonyl (C=O) groups excluding carboxylic acids is 2. The number of rotatable bonds is 7. The minimum atomic E-state index is -0.641. The van der Waals surface area contributed by atoms with E-state index < -0.39 is 17.6 Å². The highest BCUT2D eigenvalue weighted by atomic mass is 35.5. The summed E-state index contributed by atoms with van der Waals surface area (Å²) in [5.74, 6) is -0.823. The van der Waals surface area contributed by atoms with Gasteiger partial charge in [-0.2, -0.15) is 0 Å². The molecule has 2 amide bonds. The minimum Gasteiger partial charge on any atom is -0.497 e. The smallest absolute Gasteiger partial charge is 0.293 e. The van der Waals surface area contributed by atoms with Crippen molar-refractivity contribution < 1.29 is 27.9 Å². The molecule has 1 heterocycles. The number of ether oxygens (including phenoxy) is 2. The van der Waals surface area contributed by atoms with Gasteiger partial charge in [0.25, 0.3) is 11.8 Å². The number of hydrogen-bond acceptors (Lipinski definition) is 5. The van der Waals surface area contributed by atoms with Gasteiger partial charge in [-0.05, 0) is 42.5 Å². The van der Waals surface area contributed by atoms with Crippen molar-refractivity contribution in [3.8, 4) is 11.5 Å². The second kappa shape index (κ2) is 9.62. The van der Waals surface area contributed by atoms with Crippen LogP contribution in [-0.4, -0.2) is 25.5 Å². The molecule has 7 nitrogen and oxygen atoms in total. The van der Waals surface area contributed by atoms with E-state index in [1.807, 2.05) is 0 Å². The molecule has 0 saturated carbocycles. The molecule has 0 aliphatic heterocycles. The zero-order chi connectivity index (χ0) is 23.4. The number of nitrogens with one attached hydrogen (secondary N) is 2. The van der Waals surface area contributed by atoms with Gasteiger partial charge in [-0.25, -0.2) is 4.39 Å². The Hall–Kier alpha value is -4.04. The average Bonchev–Trinajstić information content (AvgIpc) is 3.19. The van der Waals surface area contributed by atoms with E-state index in [0.717, 1.165) is 6.07 Å². The van der Waals surface area contributed by atoms with Crippen molar-refractivity contribution in [1.82, 2.24) is 0 Å². The van der Waals surface area contributed by atoms with Crippen LogP contribution in [0.3, 0.4) is 0 Å². The monoisotopic (exact) mass is 468 g/mol. The maximum atomic E-state index is 13.4. The quantitative estimate of drug-likeness (QED) is 0.373. The molecular formula is C24H18ClFN2O5. The highest BCUT2D eigenvalue weighted by molar-refractivity contribution is 6.31. The van der Waals surface area contributed by atoms with Crippen LogP contribution in [0.5, 0.6) is 11.5 Å². The van der Waals surface area contributed by atoms with E-state index >= 15 is 0 Å². The second-order valence-corrected chi connectivity index (χ2v) is 7.31. The normalized spacial score (nSPS) is 10.6. The number of methoxy groups -OCH3 is 1. The van der Waals surface area contributed by atoms with E-state index in [9.17, 15) is 14.0 Å². The number of carbonyl (C=O) groups is 2. The number of furan rings is 1. The van der Waals surface area contributed by atoms with E-state index in [1.165, 1.54) is 19.2 Å². The number of para-hydroxylation sites is 1. The Bertz CT molecular complexity index is 1340. The van der Waals surface area contributed by atoms with Crippen LogP contribution in [0.1, 0.15) is 10.6 Å². The van der Waals surface area contributed by atoms with Crippen LogP contribution in [0.25, 0.3) is 11.0 Å². The highest BCUT2D eigenvalue weighted by Crippen LogP contribution is 2.32. The fraction of sp³-hybridized carbons (Fsp3) is 0.0833. The van der Waals surface area contributed by atoms with E-state index in [4.69, 9.17) is 25.5 Å². The molecular weight excluding hydrogens is 451 g/mol. The van der Waals surface area contributed by atoms with Gasteiger partial charge in [0.05, 0.1) is 12.1 Å². The summed E-state index contributed by atoms with van der Waals surface area (Å²) in [7, 11) is 1.53. The number of amides is 2. The van der Waals surface area contributed by atoms with Crippen LogP contribution < -0.4 is 20.1 Å². The molecule has 33 heavy (non-hydrogen) atoms. The number of hydrogen-bond donors (Lipinski definition) is 2. The predicted molar refractivity (Wildman–Crippen MR) is 123 cm³/mol. The minimum absolute atomic E-state index is 0.119. The van der Waals surface area contributed by atoms with Gasteiger partial charge in [0.2, 0.25) is 5.76 Å². The predicted octanol–water partition coefficient (Wildman–Crippen LogP) is 5.50. The van der Waals surface area contributed by atoms with Gasteiger partial charge >= 0.3 is 0 Å². The van der Waals surface area contributed by atoms with Crippen molar-refractivity contribution in [3.05, 3.63) is 83.3 Å². The Morgan fingerprint density at radius 1 is 1.00 bits per heavy atom. The highest BCUT2D eigenvalue weighted by Gasteiger charge is 2.23. The lowest BCUT2D eigenvalue weighted by molar-refractivity contribution is -0.118. The Balaban J connectivity index is 1.54. The lowest BCUT2D eigenvalue weighted by Crippen LogP contribution is -2.22. The number of fused-ring (bicyclic) bond motifs is 1. The van der Waals surface area contributed by atoms with Crippen LogP contribution >= 0.6 is 11.6 Å². The summed E-state index contributed by atoms with van der Waals surface area (Å²) in [5, 5.41) is 5.67. The maximum Gasteiger partial charge on any atom is 0.293 e. The first kappa shape index (κ1) is 22.2. The molecule has 0 bridgehead atoms.